The third kappa shape index (κ3) is 4.65. The molecule has 0 radical (unpaired) electrons. The van der Waals surface area contributed by atoms with Gasteiger partial charge in [-0.25, -0.2) is 14.1 Å². The molecule has 1 aliphatic heterocycles. The molecule has 0 aliphatic carbocycles. The summed E-state index contributed by atoms with van der Waals surface area (Å²) in [5, 5.41) is 4.69. The number of amides is 2. The van der Waals surface area contributed by atoms with E-state index in [1.54, 1.807) is 32.8 Å². The van der Waals surface area contributed by atoms with Crippen molar-refractivity contribution in [2.24, 2.45) is 0 Å². The smallest absolute Gasteiger partial charge is 0.274 e. The Morgan fingerprint density at radius 1 is 0.914 bits per heavy atom. The number of aryl methyl sites for hydroxylation is 1. The summed E-state index contributed by atoms with van der Waals surface area (Å²) in [6.07, 6.45) is 6.13. The lowest BCUT2D eigenvalue weighted by Crippen LogP contribution is -2.50. The number of benzene rings is 2. The topological polar surface area (TPSA) is 84.2 Å². The highest BCUT2D eigenvalue weighted by molar-refractivity contribution is 6.00. The van der Waals surface area contributed by atoms with Gasteiger partial charge in [0.05, 0.1) is 17.4 Å². The molecule has 0 N–H and O–H groups in total. The van der Waals surface area contributed by atoms with Crippen LogP contribution in [-0.4, -0.2) is 67.5 Å². The van der Waals surface area contributed by atoms with Gasteiger partial charge in [0.15, 0.2) is 0 Å². The molecule has 0 atom stereocenters. The van der Waals surface area contributed by atoms with E-state index in [1.807, 2.05) is 31.2 Å². The molecule has 5 rings (SSSR count). The van der Waals surface area contributed by atoms with Crippen LogP contribution in [0.2, 0.25) is 0 Å². The molecule has 176 valence electrons. The Balaban J connectivity index is 1.41. The molecular weight excluding hydrogens is 447 g/mol. The number of carbonyl (C=O) groups is 2. The summed E-state index contributed by atoms with van der Waals surface area (Å²) >= 11 is 0. The summed E-state index contributed by atoms with van der Waals surface area (Å²) in [5.41, 5.74) is 3.82. The Kier molecular flexibility index (Phi) is 6.05. The Morgan fingerprint density at radius 2 is 1.63 bits per heavy atom. The van der Waals surface area contributed by atoms with Gasteiger partial charge in [0.25, 0.3) is 11.8 Å². The molecule has 2 aromatic carbocycles. The van der Waals surface area contributed by atoms with Crippen molar-refractivity contribution in [2.45, 2.75) is 6.92 Å². The van der Waals surface area contributed by atoms with E-state index in [4.69, 9.17) is 0 Å². The second kappa shape index (κ2) is 9.46. The lowest BCUT2D eigenvalue weighted by atomic mass is 10.0. The molecule has 0 bridgehead atoms. The number of piperazine rings is 1. The monoisotopic (exact) mass is 470 g/mol. The maximum Gasteiger partial charge on any atom is 0.274 e. The molecule has 0 saturated carbocycles. The summed E-state index contributed by atoms with van der Waals surface area (Å²) in [4.78, 5) is 37.7. The molecule has 1 fully saturated rings. The molecular formula is C26H23FN6O2. The summed E-state index contributed by atoms with van der Waals surface area (Å²) in [7, 11) is 0. The minimum absolute atomic E-state index is 0.165. The van der Waals surface area contributed by atoms with Crippen molar-refractivity contribution < 1.29 is 14.0 Å². The first-order valence-corrected chi connectivity index (χ1v) is 11.3. The molecule has 3 heterocycles. The quantitative estimate of drug-likeness (QED) is 0.457. The van der Waals surface area contributed by atoms with Gasteiger partial charge in [0.1, 0.15) is 17.2 Å². The molecule has 0 unspecified atom stereocenters. The van der Waals surface area contributed by atoms with Crippen LogP contribution in [0.25, 0.3) is 16.9 Å². The zero-order valence-electron chi connectivity index (χ0n) is 19.1. The molecule has 9 heteroatoms. The Bertz CT molecular complexity index is 1360. The number of aromatic nitrogens is 4. The van der Waals surface area contributed by atoms with E-state index in [-0.39, 0.29) is 23.3 Å². The second-order valence-electron chi connectivity index (χ2n) is 8.36. The van der Waals surface area contributed by atoms with Crippen LogP contribution in [0.3, 0.4) is 0 Å². The fourth-order valence-electron chi connectivity index (χ4n) is 4.12. The maximum atomic E-state index is 13.6. The highest BCUT2D eigenvalue weighted by Gasteiger charge is 2.29. The fraction of sp³-hybridized carbons (Fsp3) is 0.192. The number of carbonyl (C=O) groups excluding carboxylic acids is 2. The van der Waals surface area contributed by atoms with Crippen molar-refractivity contribution in [3.05, 3.63) is 96.0 Å². The first-order chi connectivity index (χ1) is 17.0. The van der Waals surface area contributed by atoms with Crippen molar-refractivity contribution in [2.75, 3.05) is 26.2 Å². The van der Waals surface area contributed by atoms with Gasteiger partial charge in [-0.2, -0.15) is 5.10 Å². The van der Waals surface area contributed by atoms with E-state index in [1.165, 1.54) is 30.7 Å². The molecule has 2 amide bonds. The van der Waals surface area contributed by atoms with Crippen molar-refractivity contribution in [3.63, 3.8) is 0 Å². The van der Waals surface area contributed by atoms with E-state index in [0.29, 0.717) is 43.1 Å². The first kappa shape index (κ1) is 22.4. The molecule has 0 spiro atoms. The number of hydrogen-bond acceptors (Lipinski definition) is 5. The van der Waals surface area contributed by atoms with Crippen LogP contribution >= 0.6 is 0 Å². The van der Waals surface area contributed by atoms with Crippen molar-refractivity contribution in [3.8, 4) is 16.9 Å². The van der Waals surface area contributed by atoms with E-state index < -0.39 is 0 Å². The van der Waals surface area contributed by atoms with Gasteiger partial charge in [-0.1, -0.05) is 23.8 Å². The van der Waals surface area contributed by atoms with Gasteiger partial charge < -0.3 is 9.80 Å². The number of rotatable bonds is 4. The van der Waals surface area contributed by atoms with Crippen LogP contribution in [0, 0.1) is 12.7 Å². The van der Waals surface area contributed by atoms with Crippen LogP contribution in [0.5, 0.6) is 0 Å². The maximum absolute atomic E-state index is 13.6. The third-order valence-electron chi connectivity index (χ3n) is 5.96. The Hall–Kier alpha value is -4.40. The van der Waals surface area contributed by atoms with Gasteiger partial charge in [0, 0.05) is 50.3 Å². The van der Waals surface area contributed by atoms with Crippen LogP contribution in [0.1, 0.15) is 26.4 Å². The van der Waals surface area contributed by atoms with E-state index in [2.05, 4.69) is 15.1 Å². The third-order valence-corrected chi connectivity index (χ3v) is 5.96. The molecule has 1 aliphatic rings. The SMILES string of the molecule is Cc1cccc(-c2nn(-c3ccc(F)cc3)cc2C(=O)N2CCN(C(=O)c3cnccn3)CC2)c1. The lowest BCUT2D eigenvalue weighted by molar-refractivity contribution is 0.0532. The van der Waals surface area contributed by atoms with Crippen LogP contribution in [0.15, 0.2) is 73.3 Å². The zero-order chi connectivity index (χ0) is 24.4. The van der Waals surface area contributed by atoms with Gasteiger partial charge in [-0.3, -0.25) is 14.6 Å². The van der Waals surface area contributed by atoms with Crippen LogP contribution < -0.4 is 0 Å². The average molecular weight is 471 g/mol. The predicted molar refractivity (Wildman–Crippen MR) is 128 cm³/mol. The lowest BCUT2D eigenvalue weighted by Gasteiger charge is -2.34. The number of halogens is 1. The number of nitrogens with zero attached hydrogens (tertiary/aromatic N) is 6. The standard InChI is InChI=1S/C26H23FN6O2/c1-18-3-2-4-19(15-18)24-22(17-33(30-24)21-7-5-20(27)6-8-21)25(34)31-11-13-32(14-12-31)26(35)23-16-28-9-10-29-23/h2-10,15-17H,11-14H2,1H3. The molecule has 1 saturated heterocycles. The summed E-state index contributed by atoms with van der Waals surface area (Å²) in [6.45, 7) is 3.55. The van der Waals surface area contributed by atoms with E-state index in [0.717, 1.165) is 11.1 Å². The van der Waals surface area contributed by atoms with Gasteiger partial charge >= 0.3 is 0 Å². The minimum atomic E-state index is -0.343. The van der Waals surface area contributed by atoms with Crippen molar-refractivity contribution in [1.82, 2.24) is 29.5 Å². The second-order valence-corrected chi connectivity index (χ2v) is 8.36. The largest absolute Gasteiger partial charge is 0.335 e. The van der Waals surface area contributed by atoms with E-state index >= 15 is 0 Å². The first-order valence-electron chi connectivity index (χ1n) is 11.3. The fourth-order valence-corrected chi connectivity index (χ4v) is 4.12. The summed E-state index contributed by atoms with van der Waals surface area (Å²) < 4.78 is 15.0. The molecule has 4 aromatic rings. The number of hydrogen-bond donors (Lipinski definition) is 0. The van der Waals surface area contributed by atoms with Gasteiger partial charge in [-0.05, 0) is 37.3 Å². The summed E-state index contributed by atoms with van der Waals surface area (Å²) in [6, 6.07) is 13.8. The van der Waals surface area contributed by atoms with Crippen molar-refractivity contribution in [1.29, 1.82) is 0 Å². The van der Waals surface area contributed by atoms with Gasteiger partial charge in [0.2, 0.25) is 0 Å². The van der Waals surface area contributed by atoms with Crippen LogP contribution in [0.4, 0.5) is 4.39 Å². The summed E-state index contributed by atoms with van der Waals surface area (Å²) in [5.74, 6) is -0.707. The minimum Gasteiger partial charge on any atom is -0.335 e. The van der Waals surface area contributed by atoms with E-state index in [9.17, 15) is 14.0 Å². The Morgan fingerprint density at radius 3 is 2.29 bits per heavy atom. The van der Waals surface area contributed by atoms with Crippen molar-refractivity contribution >= 4 is 11.8 Å². The molecule has 2 aromatic heterocycles. The van der Waals surface area contributed by atoms with Gasteiger partial charge in [-0.15, -0.1) is 0 Å². The predicted octanol–water partition coefficient (Wildman–Crippen LogP) is 3.38. The molecule has 8 nitrogen and oxygen atoms in total. The highest BCUT2D eigenvalue weighted by Crippen LogP contribution is 2.26. The average Bonchev–Trinajstić information content (AvgIpc) is 3.34. The Labute approximate surface area is 201 Å². The zero-order valence-corrected chi connectivity index (χ0v) is 19.1. The highest BCUT2D eigenvalue weighted by atomic mass is 19.1. The molecule has 35 heavy (non-hydrogen) atoms. The van der Waals surface area contributed by atoms with Crippen LogP contribution in [-0.2, 0) is 0 Å². The normalized spacial score (nSPS) is 13.7.